The highest BCUT2D eigenvalue weighted by molar-refractivity contribution is 6.31. The van der Waals surface area contributed by atoms with Gasteiger partial charge < -0.3 is 20.2 Å². The van der Waals surface area contributed by atoms with Gasteiger partial charge in [-0.1, -0.05) is 35.4 Å². The first-order valence-electron chi connectivity index (χ1n) is 9.92. The Hall–Kier alpha value is -4.23. The number of aromatic nitrogens is 1. The normalized spacial score (nSPS) is 9.50. The van der Waals surface area contributed by atoms with E-state index in [-0.39, 0.29) is 10.8 Å². The van der Waals surface area contributed by atoms with E-state index < -0.39 is 11.7 Å². The average Bonchev–Trinajstić information content (AvgIpc) is 2.91. The first-order chi connectivity index (χ1) is 17.1. The Balaban J connectivity index is 0.000000655. The van der Waals surface area contributed by atoms with E-state index in [1.807, 2.05) is 19.6 Å². The molecule has 1 aromatic heterocycles. The maximum Gasteiger partial charge on any atom is 0.417 e. The summed E-state index contributed by atoms with van der Waals surface area (Å²) in [5.74, 6) is -0.269. The van der Waals surface area contributed by atoms with Crippen LogP contribution in [0.3, 0.4) is 0 Å². The minimum Gasteiger partial charge on any atom is -0.387 e. The van der Waals surface area contributed by atoms with Crippen LogP contribution in [0, 0.1) is 18.3 Å². The molecule has 0 aliphatic heterocycles. The molecule has 7 nitrogen and oxygen atoms in total. The van der Waals surface area contributed by atoms with Crippen LogP contribution in [-0.2, 0) is 15.8 Å². The molecule has 0 aliphatic carbocycles. The zero-order chi connectivity index (χ0) is 27.9. The van der Waals surface area contributed by atoms with Crippen LogP contribution in [0.1, 0.15) is 32.7 Å². The number of rotatable bonds is 4. The Bertz CT molecular complexity index is 1200. The molecule has 11 heteroatoms. The minimum atomic E-state index is -4.36. The summed E-state index contributed by atoms with van der Waals surface area (Å²) in [5, 5.41) is 14.7. The number of nitrogens with zero attached hydrogens (tertiary/aromatic N) is 2. The van der Waals surface area contributed by atoms with Crippen molar-refractivity contribution in [3.8, 4) is 6.07 Å². The molecule has 190 valence electrons. The number of hydrogen-bond acceptors (Lipinski definition) is 7. The van der Waals surface area contributed by atoms with E-state index in [1.54, 1.807) is 57.5 Å². The number of ketones is 1. The highest BCUT2D eigenvalue weighted by atomic mass is 35.5. The van der Waals surface area contributed by atoms with E-state index >= 15 is 0 Å². The van der Waals surface area contributed by atoms with E-state index in [4.69, 9.17) is 26.5 Å². The Morgan fingerprint density at radius 2 is 1.64 bits per heavy atom. The summed E-state index contributed by atoms with van der Waals surface area (Å²) in [6.45, 7) is 5.59. The molecule has 0 aliphatic rings. The molecular formula is C25H24ClF3N4O3. The van der Waals surface area contributed by atoms with Crippen LogP contribution in [0.2, 0.25) is 5.02 Å². The molecule has 3 rings (SSSR count). The van der Waals surface area contributed by atoms with Crippen molar-refractivity contribution in [2.24, 2.45) is 0 Å². The SMILES string of the molecule is C=O.C=O.CNc1cnc(C(=O)c2ccccc2C#N)c(NC)c1.Cc1ccc(Cl)c(C(F)(F)F)c1. The van der Waals surface area contributed by atoms with Gasteiger partial charge in [0.25, 0.3) is 0 Å². The fourth-order valence-corrected chi connectivity index (χ4v) is 2.96. The Labute approximate surface area is 211 Å². The quantitative estimate of drug-likeness (QED) is 0.433. The third kappa shape index (κ3) is 8.85. The number of carbonyl (C=O) groups is 3. The number of hydrogen-bond donors (Lipinski definition) is 2. The average molecular weight is 521 g/mol. The van der Waals surface area contributed by atoms with Crippen LogP contribution < -0.4 is 10.6 Å². The first kappa shape index (κ1) is 31.8. The van der Waals surface area contributed by atoms with Gasteiger partial charge in [-0.3, -0.25) is 4.79 Å². The summed E-state index contributed by atoms with van der Waals surface area (Å²) in [5.41, 5.74) is 2.20. The first-order valence-corrected chi connectivity index (χ1v) is 10.3. The lowest BCUT2D eigenvalue weighted by molar-refractivity contribution is -0.137. The molecule has 0 saturated carbocycles. The summed E-state index contributed by atoms with van der Waals surface area (Å²) in [6.07, 6.45) is -2.77. The molecule has 3 aromatic rings. The lowest BCUT2D eigenvalue weighted by Gasteiger charge is -2.10. The van der Waals surface area contributed by atoms with E-state index in [0.717, 1.165) is 11.8 Å². The molecule has 0 saturated heterocycles. The summed E-state index contributed by atoms with van der Waals surface area (Å²) in [6, 6.07) is 14.4. The lowest BCUT2D eigenvalue weighted by Crippen LogP contribution is -2.10. The summed E-state index contributed by atoms with van der Waals surface area (Å²) >= 11 is 5.36. The van der Waals surface area contributed by atoms with Crippen molar-refractivity contribution in [2.75, 3.05) is 24.7 Å². The zero-order valence-electron chi connectivity index (χ0n) is 19.7. The van der Waals surface area contributed by atoms with E-state index in [1.165, 1.54) is 12.1 Å². The third-order valence-corrected chi connectivity index (χ3v) is 4.71. The van der Waals surface area contributed by atoms with Crippen LogP contribution in [0.25, 0.3) is 0 Å². The Morgan fingerprint density at radius 3 is 2.14 bits per heavy atom. The molecule has 0 fully saturated rings. The smallest absolute Gasteiger partial charge is 0.387 e. The van der Waals surface area contributed by atoms with Gasteiger partial charge in [-0.2, -0.15) is 18.4 Å². The highest BCUT2D eigenvalue weighted by Crippen LogP contribution is 2.34. The molecule has 36 heavy (non-hydrogen) atoms. The number of carbonyl (C=O) groups excluding carboxylic acids is 3. The van der Waals surface area contributed by atoms with Gasteiger partial charge in [0.05, 0.1) is 39.8 Å². The fraction of sp³-hybridized carbons (Fsp3) is 0.160. The molecule has 0 bridgehead atoms. The van der Waals surface area contributed by atoms with Gasteiger partial charge in [0.2, 0.25) is 5.78 Å². The van der Waals surface area contributed by atoms with Crippen LogP contribution in [-0.4, -0.2) is 38.4 Å². The molecular weight excluding hydrogens is 497 g/mol. The van der Waals surface area contributed by atoms with Gasteiger partial charge in [-0.25, -0.2) is 4.98 Å². The van der Waals surface area contributed by atoms with Crippen molar-refractivity contribution in [3.05, 3.63) is 87.7 Å². The number of benzene rings is 2. The van der Waals surface area contributed by atoms with E-state index in [9.17, 15) is 18.0 Å². The van der Waals surface area contributed by atoms with Crippen molar-refractivity contribution >= 4 is 42.3 Å². The number of halogens is 4. The van der Waals surface area contributed by atoms with Gasteiger partial charge in [0.1, 0.15) is 19.3 Å². The summed E-state index contributed by atoms with van der Waals surface area (Å²) in [4.78, 5) is 32.7. The monoisotopic (exact) mass is 520 g/mol. The second-order valence-corrected chi connectivity index (χ2v) is 6.99. The van der Waals surface area contributed by atoms with Crippen molar-refractivity contribution in [2.45, 2.75) is 13.1 Å². The fourth-order valence-electron chi connectivity index (χ4n) is 2.74. The number of pyridine rings is 1. The second kappa shape index (κ2) is 15.6. The van der Waals surface area contributed by atoms with Gasteiger partial charge in [0.15, 0.2) is 0 Å². The zero-order valence-corrected chi connectivity index (χ0v) is 20.5. The van der Waals surface area contributed by atoms with E-state index in [2.05, 4.69) is 15.6 Å². The van der Waals surface area contributed by atoms with Gasteiger partial charge in [-0.15, -0.1) is 0 Å². The van der Waals surface area contributed by atoms with Crippen LogP contribution in [0.5, 0.6) is 0 Å². The van der Waals surface area contributed by atoms with Gasteiger partial charge in [0, 0.05) is 19.7 Å². The summed E-state index contributed by atoms with van der Waals surface area (Å²) < 4.78 is 36.4. The predicted molar refractivity (Wildman–Crippen MR) is 133 cm³/mol. The number of nitrogens with one attached hydrogen (secondary N) is 2. The number of alkyl halides is 3. The molecule has 0 atom stereocenters. The van der Waals surface area contributed by atoms with Gasteiger partial charge in [-0.05, 0) is 37.3 Å². The third-order valence-electron chi connectivity index (χ3n) is 4.38. The molecule has 2 aromatic carbocycles. The molecule has 0 radical (unpaired) electrons. The molecule has 0 spiro atoms. The molecule has 1 heterocycles. The van der Waals surface area contributed by atoms with Crippen LogP contribution in [0.15, 0.2) is 54.7 Å². The molecule has 2 N–H and O–H groups in total. The summed E-state index contributed by atoms with van der Waals surface area (Å²) in [7, 11) is 3.51. The second-order valence-electron chi connectivity index (χ2n) is 6.59. The maximum absolute atomic E-state index is 12.5. The maximum atomic E-state index is 12.5. The standard InChI is InChI=1S/C15H14N4O.C8H6ClF3.2CH2O/c1-17-11-7-13(18-2)14(19-9-11)15(20)12-6-4-3-5-10(12)8-16;1-5-2-3-7(9)6(4-5)8(10,11)12;2*1-2/h3-7,9,17-18H,1-2H3;2-4H,1H3;2*1H2. The van der Waals surface area contributed by atoms with Crippen LogP contribution >= 0.6 is 11.6 Å². The van der Waals surface area contributed by atoms with E-state index in [0.29, 0.717) is 28.1 Å². The Morgan fingerprint density at radius 1 is 1.03 bits per heavy atom. The Kier molecular flexibility index (Phi) is 13.8. The van der Waals surface area contributed by atoms with Crippen molar-refractivity contribution in [3.63, 3.8) is 0 Å². The van der Waals surface area contributed by atoms with Crippen molar-refractivity contribution < 1.29 is 27.6 Å². The minimum absolute atomic E-state index is 0.256. The topological polar surface area (TPSA) is 112 Å². The molecule has 0 amide bonds. The number of nitriles is 1. The molecule has 0 unspecified atom stereocenters. The lowest BCUT2D eigenvalue weighted by atomic mass is 10.0. The van der Waals surface area contributed by atoms with Crippen LogP contribution in [0.4, 0.5) is 24.5 Å². The van der Waals surface area contributed by atoms with Crippen molar-refractivity contribution in [1.29, 1.82) is 5.26 Å². The number of aryl methyl sites for hydroxylation is 1. The number of anilines is 2. The largest absolute Gasteiger partial charge is 0.417 e. The highest BCUT2D eigenvalue weighted by Gasteiger charge is 2.32. The van der Waals surface area contributed by atoms with Gasteiger partial charge >= 0.3 is 6.18 Å². The van der Waals surface area contributed by atoms with Crippen molar-refractivity contribution in [1.82, 2.24) is 4.98 Å². The predicted octanol–water partition coefficient (Wildman–Crippen LogP) is 5.57.